The van der Waals surface area contributed by atoms with Crippen LogP contribution >= 0.6 is 28.1 Å². The van der Waals surface area contributed by atoms with E-state index in [2.05, 4.69) is 25.9 Å². The fourth-order valence-corrected chi connectivity index (χ4v) is 3.63. The van der Waals surface area contributed by atoms with Gasteiger partial charge in [-0.05, 0) is 46.5 Å². The highest BCUT2D eigenvalue weighted by Crippen LogP contribution is 2.36. The summed E-state index contributed by atoms with van der Waals surface area (Å²) in [5.74, 6) is 1.16. The van der Waals surface area contributed by atoms with Gasteiger partial charge in [0.2, 0.25) is 0 Å². The van der Waals surface area contributed by atoms with Gasteiger partial charge in [0.05, 0.1) is 4.47 Å². The Morgan fingerprint density at radius 3 is 2.57 bits per heavy atom. The zero-order chi connectivity index (χ0) is 14.8. The van der Waals surface area contributed by atoms with Gasteiger partial charge in [0.15, 0.2) is 0 Å². The van der Waals surface area contributed by atoms with Crippen LogP contribution in [0.5, 0.6) is 0 Å². The maximum atomic E-state index is 13.0. The van der Waals surface area contributed by atoms with Crippen molar-refractivity contribution in [2.75, 3.05) is 0 Å². The minimum Gasteiger partial charge on any atom is -0.346 e. The number of rotatable bonds is 3. The lowest BCUT2D eigenvalue weighted by Crippen LogP contribution is -2.05. The summed E-state index contributed by atoms with van der Waals surface area (Å²) >= 11 is 8.93. The van der Waals surface area contributed by atoms with Crippen molar-refractivity contribution in [1.29, 1.82) is 0 Å². The van der Waals surface area contributed by atoms with E-state index in [9.17, 15) is 4.39 Å². The zero-order valence-electron chi connectivity index (χ0n) is 11.5. The highest BCUT2D eigenvalue weighted by atomic mass is 79.9. The van der Waals surface area contributed by atoms with E-state index in [0.717, 1.165) is 15.9 Å². The standard InChI is InChI=1S/C16H16BrFN2S/c17-14-15(11-3-1-2-4-11)19-13(20-16(14)21)9-10-5-7-12(18)8-6-10/h5-8,11H,1-4,9H2,(H,19,20,21). The highest BCUT2D eigenvalue weighted by Gasteiger charge is 2.21. The molecule has 2 aromatic rings. The minimum absolute atomic E-state index is 0.220. The summed E-state index contributed by atoms with van der Waals surface area (Å²) in [6.07, 6.45) is 5.57. The van der Waals surface area contributed by atoms with E-state index in [0.29, 0.717) is 17.0 Å². The van der Waals surface area contributed by atoms with Crippen LogP contribution in [0.2, 0.25) is 0 Å². The Balaban J connectivity index is 1.92. The van der Waals surface area contributed by atoms with Crippen LogP contribution in [-0.2, 0) is 6.42 Å². The van der Waals surface area contributed by atoms with Crippen molar-refractivity contribution in [2.24, 2.45) is 0 Å². The molecule has 0 atom stereocenters. The van der Waals surface area contributed by atoms with Gasteiger partial charge in [0.1, 0.15) is 16.3 Å². The number of nitrogens with one attached hydrogen (secondary N) is 1. The Morgan fingerprint density at radius 1 is 1.24 bits per heavy atom. The SMILES string of the molecule is Fc1ccc(Cc2nc(=S)c(Br)c(C3CCCC3)[nH]2)cc1. The summed E-state index contributed by atoms with van der Waals surface area (Å²) < 4.78 is 14.5. The number of nitrogens with zero attached hydrogens (tertiary/aromatic N) is 1. The van der Waals surface area contributed by atoms with Crippen LogP contribution in [0, 0.1) is 10.5 Å². The fourth-order valence-electron chi connectivity index (χ4n) is 2.90. The minimum atomic E-state index is -0.220. The molecular formula is C16H16BrFN2S. The quantitative estimate of drug-likeness (QED) is 0.747. The molecule has 1 saturated carbocycles. The summed E-state index contributed by atoms with van der Waals surface area (Å²) in [6, 6.07) is 6.51. The normalized spacial score (nSPS) is 15.5. The smallest absolute Gasteiger partial charge is 0.144 e. The summed E-state index contributed by atoms with van der Waals surface area (Å²) in [6.45, 7) is 0. The summed E-state index contributed by atoms with van der Waals surface area (Å²) in [5.41, 5.74) is 2.19. The van der Waals surface area contributed by atoms with Crippen molar-refractivity contribution in [1.82, 2.24) is 9.97 Å². The third kappa shape index (κ3) is 3.40. The molecule has 1 heterocycles. The van der Waals surface area contributed by atoms with Gasteiger partial charge in [-0.25, -0.2) is 9.37 Å². The second-order valence-electron chi connectivity index (χ2n) is 5.50. The van der Waals surface area contributed by atoms with Gasteiger partial charge in [-0.3, -0.25) is 0 Å². The lowest BCUT2D eigenvalue weighted by atomic mass is 10.0. The van der Waals surface area contributed by atoms with Crippen LogP contribution in [0.1, 0.15) is 48.7 Å². The lowest BCUT2D eigenvalue weighted by Gasteiger charge is -2.14. The molecule has 0 saturated heterocycles. The number of halogens is 2. The second kappa shape index (κ2) is 6.36. The van der Waals surface area contributed by atoms with Gasteiger partial charge < -0.3 is 4.98 Å². The molecule has 110 valence electrons. The molecule has 21 heavy (non-hydrogen) atoms. The molecule has 0 radical (unpaired) electrons. The first kappa shape index (κ1) is 14.9. The highest BCUT2D eigenvalue weighted by molar-refractivity contribution is 9.10. The first-order chi connectivity index (χ1) is 10.1. The molecule has 2 nitrogen and oxygen atoms in total. The van der Waals surface area contributed by atoms with E-state index in [-0.39, 0.29) is 5.82 Å². The number of benzene rings is 1. The first-order valence-corrected chi connectivity index (χ1v) is 8.36. The van der Waals surface area contributed by atoms with Crippen LogP contribution in [0.4, 0.5) is 4.39 Å². The molecule has 0 spiro atoms. The number of hydrogen-bond acceptors (Lipinski definition) is 2. The van der Waals surface area contributed by atoms with E-state index in [1.54, 1.807) is 12.1 Å². The Morgan fingerprint density at radius 2 is 1.90 bits per heavy atom. The van der Waals surface area contributed by atoms with E-state index < -0.39 is 0 Å². The van der Waals surface area contributed by atoms with Crippen molar-refractivity contribution in [3.8, 4) is 0 Å². The molecule has 1 N–H and O–H groups in total. The first-order valence-electron chi connectivity index (χ1n) is 7.16. The monoisotopic (exact) mass is 366 g/mol. The van der Waals surface area contributed by atoms with Crippen molar-refractivity contribution >= 4 is 28.1 Å². The van der Waals surface area contributed by atoms with E-state index in [1.807, 2.05) is 0 Å². The van der Waals surface area contributed by atoms with Crippen LogP contribution in [-0.4, -0.2) is 9.97 Å². The van der Waals surface area contributed by atoms with Crippen molar-refractivity contribution in [3.05, 3.63) is 56.3 Å². The van der Waals surface area contributed by atoms with E-state index >= 15 is 0 Å². The number of aromatic amines is 1. The summed E-state index contributed by atoms with van der Waals surface area (Å²) in [7, 11) is 0. The van der Waals surface area contributed by atoms with Gasteiger partial charge in [0.25, 0.3) is 0 Å². The topological polar surface area (TPSA) is 28.7 Å². The molecule has 3 rings (SSSR count). The molecule has 1 aliphatic rings. The molecule has 1 aromatic carbocycles. The second-order valence-corrected chi connectivity index (χ2v) is 6.68. The van der Waals surface area contributed by atoms with Crippen LogP contribution < -0.4 is 0 Å². The van der Waals surface area contributed by atoms with Crippen molar-refractivity contribution < 1.29 is 4.39 Å². The Hall–Kier alpha value is -1.07. The average molecular weight is 367 g/mol. The molecular weight excluding hydrogens is 351 g/mol. The maximum Gasteiger partial charge on any atom is 0.144 e. The van der Waals surface area contributed by atoms with Crippen LogP contribution in [0.15, 0.2) is 28.7 Å². The number of hydrogen-bond donors (Lipinski definition) is 1. The molecule has 0 bridgehead atoms. The van der Waals surface area contributed by atoms with Crippen LogP contribution in [0.3, 0.4) is 0 Å². The number of H-pyrrole nitrogens is 1. The van der Waals surface area contributed by atoms with E-state index in [1.165, 1.54) is 43.5 Å². The van der Waals surface area contributed by atoms with Crippen molar-refractivity contribution in [2.45, 2.75) is 38.0 Å². The van der Waals surface area contributed by atoms with Gasteiger partial charge in [-0.2, -0.15) is 0 Å². The third-order valence-corrected chi connectivity index (χ3v) is 5.35. The van der Waals surface area contributed by atoms with E-state index in [4.69, 9.17) is 12.2 Å². The molecule has 0 aliphatic heterocycles. The van der Waals surface area contributed by atoms with Gasteiger partial charge in [0, 0.05) is 18.0 Å². The third-order valence-electron chi connectivity index (χ3n) is 3.99. The maximum absolute atomic E-state index is 13.0. The Labute approximate surface area is 137 Å². The summed E-state index contributed by atoms with van der Waals surface area (Å²) in [4.78, 5) is 7.88. The molecule has 1 aliphatic carbocycles. The number of aromatic nitrogens is 2. The Kier molecular flexibility index (Phi) is 4.50. The molecule has 0 amide bonds. The molecule has 1 aromatic heterocycles. The fraction of sp³-hybridized carbons (Fsp3) is 0.375. The van der Waals surface area contributed by atoms with Gasteiger partial charge >= 0.3 is 0 Å². The van der Waals surface area contributed by atoms with Gasteiger partial charge in [-0.15, -0.1) is 0 Å². The molecule has 5 heteroatoms. The largest absolute Gasteiger partial charge is 0.346 e. The lowest BCUT2D eigenvalue weighted by molar-refractivity contribution is 0.627. The average Bonchev–Trinajstić information content (AvgIpc) is 2.99. The van der Waals surface area contributed by atoms with Crippen LogP contribution in [0.25, 0.3) is 0 Å². The van der Waals surface area contributed by atoms with Gasteiger partial charge in [-0.1, -0.05) is 37.2 Å². The summed E-state index contributed by atoms with van der Waals surface area (Å²) in [5, 5.41) is 0. The zero-order valence-corrected chi connectivity index (χ0v) is 13.9. The molecule has 1 fully saturated rings. The Bertz CT molecular complexity index is 690. The van der Waals surface area contributed by atoms with Crippen molar-refractivity contribution in [3.63, 3.8) is 0 Å². The predicted octanol–water partition coefficient (Wildman–Crippen LogP) is 5.29. The predicted molar refractivity (Wildman–Crippen MR) is 87.5 cm³/mol. The molecule has 0 unspecified atom stereocenters.